The van der Waals surface area contributed by atoms with E-state index in [0.717, 1.165) is 18.4 Å². The third-order valence-corrected chi connectivity index (χ3v) is 4.03. The monoisotopic (exact) mass is 337 g/mol. The summed E-state index contributed by atoms with van der Waals surface area (Å²) in [6, 6.07) is 17.4. The standard InChI is InChI=1S/C20H23N3O2/c1-23(13-15-6-3-2-4-7-15)14-19(24)21-18-9-5-8-16(12-18)20(25)22-17-10-11-17/h2-9,12,17H,10-11,13-14H2,1H3,(H,21,24)(H,22,25). The van der Waals surface area contributed by atoms with Crippen LogP contribution in [-0.4, -0.2) is 36.3 Å². The first-order chi connectivity index (χ1) is 12.1. The molecule has 3 rings (SSSR count). The molecule has 0 aromatic heterocycles. The summed E-state index contributed by atoms with van der Waals surface area (Å²) in [5.41, 5.74) is 2.38. The number of nitrogens with zero attached hydrogens (tertiary/aromatic N) is 1. The molecule has 2 amide bonds. The van der Waals surface area contributed by atoms with Gasteiger partial charge in [-0.1, -0.05) is 36.4 Å². The van der Waals surface area contributed by atoms with E-state index < -0.39 is 0 Å². The lowest BCUT2D eigenvalue weighted by atomic mass is 10.2. The lowest BCUT2D eigenvalue weighted by molar-refractivity contribution is -0.117. The number of carbonyl (C=O) groups is 2. The van der Waals surface area contributed by atoms with Gasteiger partial charge in [0.1, 0.15) is 0 Å². The molecule has 25 heavy (non-hydrogen) atoms. The number of hydrogen-bond acceptors (Lipinski definition) is 3. The lowest BCUT2D eigenvalue weighted by Gasteiger charge is -2.16. The van der Waals surface area contributed by atoms with Crippen molar-refractivity contribution in [3.8, 4) is 0 Å². The predicted octanol–water partition coefficient (Wildman–Crippen LogP) is 2.65. The van der Waals surface area contributed by atoms with E-state index in [1.165, 1.54) is 0 Å². The van der Waals surface area contributed by atoms with Gasteiger partial charge in [-0.25, -0.2) is 0 Å². The third-order valence-electron chi connectivity index (χ3n) is 4.03. The quantitative estimate of drug-likeness (QED) is 0.816. The molecular formula is C20H23N3O2. The molecule has 2 aromatic rings. The Bertz CT molecular complexity index is 742. The topological polar surface area (TPSA) is 61.4 Å². The molecule has 0 unspecified atom stereocenters. The Morgan fingerprint density at radius 3 is 2.56 bits per heavy atom. The number of hydrogen-bond donors (Lipinski definition) is 2. The fourth-order valence-electron chi connectivity index (χ4n) is 2.63. The molecule has 0 saturated heterocycles. The second kappa shape index (κ2) is 7.94. The summed E-state index contributed by atoms with van der Waals surface area (Å²) in [7, 11) is 1.91. The van der Waals surface area contributed by atoms with Gasteiger partial charge < -0.3 is 10.6 Å². The van der Waals surface area contributed by atoms with Gasteiger partial charge in [-0.2, -0.15) is 0 Å². The van der Waals surface area contributed by atoms with Gasteiger partial charge in [0.2, 0.25) is 5.91 Å². The van der Waals surface area contributed by atoms with Crippen LogP contribution in [0.25, 0.3) is 0 Å². The minimum absolute atomic E-state index is 0.0835. The zero-order valence-electron chi connectivity index (χ0n) is 14.4. The summed E-state index contributed by atoms with van der Waals surface area (Å²) in [4.78, 5) is 26.3. The maximum atomic E-state index is 12.2. The molecule has 0 bridgehead atoms. The Labute approximate surface area is 148 Å². The van der Waals surface area contributed by atoms with E-state index >= 15 is 0 Å². The fraction of sp³-hybridized carbons (Fsp3) is 0.300. The highest BCUT2D eigenvalue weighted by Gasteiger charge is 2.23. The van der Waals surface area contributed by atoms with Crippen LogP contribution >= 0.6 is 0 Å². The van der Waals surface area contributed by atoms with Crippen LogP contribution in [0.4, 0.5) is 5.69 Å². The molecule has 1 aliphatic carbocycles. The number of likely N-dealkylation sites (N-methyl/N-ethyl adjacent to an activating group) is 1. The zero-order valence-corrected chi connectivity index (χ0v) is 14.4. The number of carbonyl (C=O) groups excluding carboxylic acids is 2. The van der Waals surface area contributed by atoms with Gasteiger partial charge in [-0.05, 0) is 43.7 Å². The molecule has 130 valence electrons. The van der Waals surface area contributed by atoms with Crippen LogP contribution in [0.5, 0.6) is 0 Å². The second-order valence-corrected chi connectivity index (χ2v) is 6.53. The number of benzene rings is 2. The maximum Gasteiger partial charge on any atom is 0.251 e. The fourth-order valence-corrected chi connectivity index (χ4v) is 2.63. The number of nitrogens with one attached hydrogen (secondary N) is 2. The molecule has 1 saturated carbocycles. The molecule has 0 aliphatic heterocycles. The summed E-state index contributed by atoms with van der Waals surface area (Å²) < 4.78 is 0. The van der Waals surface area contributed by atoms with Crippen LogP contribution in [0.1, 0.15) is 28.8 Å². The normalized spacial score (nSPS) is 13.5. The van der Waals surface area contributed by atoms with Crippen LogP contribution in [0.15, 0.2) is 54.6 Å². The number of rotatable bonds is 7. The van der Waals surface area contributed by atoms with Crippen molar-refractivity contribution in [3.63, 3.8) is 0 Å². The van der Waals surface area contributed by atoms with Gasteiger partial charge in [0, 0.05) is 23.8 Å². The van der Waals surface area contributed by atoms with Crippen LogP contribution in [0, 0.1) is 0 Å². The largest absolute Gasteiger partial charge is 0.349 e. The molecule has 5 nitrogen and oxygen atoms in total. The average molecular weight is 337 g/mol. The predicted molar refractivity (Wildman–Crippen MR) is 98.3 cm³/mol. The van der Waals surface area contributed by atoms with E-state index in [9.17, 15) is 9.59 Å². The van der Waals surface area contributed by atoms with Crippen LogP contribution in [-0.2, 0) is 11.3 Å². The van der Waals surface area contributed by atoms with Crippen LogP contribution in [0.3, 0.4) is 0 Å². The first-order valence-electron chi connectivity index (χ1n) is 8.53. The Balaban J connectivity index is 1.52. The molecule has 2 N–H and O–H groups in total. The maximum absolute atomic E-state index is 12.2. The van der Waals surface area contributed by atoms with Crippen molar-refractivity contribution < 1.29 is 9.59 Å². The summed E-state index contributed by atoms with van der Waals surface area (Å²) in [5, 5.41) is 5.81. The van der Waals surface area contributed by atoms with E-state index in [0.29, 0.717) is 23.8 Å². The Morgan fingerprint density at radius 1 is 1.08 bits per heavy atom. The minimum Gasteiger partial charge on any atom is -0.349 e. The summed E-state index contributed by atoms with van der Waals surface area (Å²) >= 11 is 0. The van der Waals surface area contributed by atoms with E-state index in [1.54, 1.807) is 24.3 Å². The smallest absolute Gasteiger partial charge is 0.251 e. The van der Waals surface area contributed by atoms with Crippen molar-refractivity contribution >= 4 is 17.5 Å². The van der Waals surface area contributed by atoms with Crippen molar-refractivity contribution in [2.75, 3.05) is 18.9 Å². The second-order valence-electron chi connectivity index (χ2n) is 6.53. The summed E-state index contributed by atoms with van der Waals surface area (Å²) in [5.74, 6) is -0.182. The van der Waals surface area contributed by atoms with Crippen molar-refractivity contribution in [2.24, 2.45) is 0 Å². The summed E-state index contributed by atoms with van der Waals surface area (Å²) in [6.07, 6.45) is 2.10. The van der Waals surface area contributed by atoms with E-state index in [1.807, 2.05) is 42.3 Å². The van der Waals surface area contributed by atoms with E-state index in [4.69, 9.17) is 0 Å². The van der Waals surface area contributed by atoms with Crippen LogP contribution < -0.4 is 10.6 Å². The molecular weight excluding hydrogens is 314 g/mol. The van der Waals surface area contributed by atoms with Crippen molar-refractivity contribution in [1.29, 1.82) is 0 Å². The molecule has 2 aromatic carbocycles. The SMILES string of the molecule is CN(CC(=O)Nc1cccc(C(=O)NC2CC2)c1)Cc1ccccc1. The first kappa shape index (κ1) is 17.2. The third kappa shape index (κ3) is 5.43. The summed E-state index contributed by atoms with van der Waals surface area (Å²) in [6.45, 7) is 0.992. The molecule has 0 spiro atoms. The van der Waals surface area contributed by atoms with Gasteiger partial charge in [-0.3, -0.25) is 14.5 Å². The molecule has 5 heteroatoms. The van der Waals surface area contributed by atoms with Crippen molar-refractivity contribution in [3.05, 3.63) is 65.7 Å². The Morgan fingerprint density at radius 2 is 1.84 bits per heavy atom. The van der Waals surface area contributed by atoms with Gasteiger partial charge in [-0.15, -0.1) is 0 Å². The lowest BCUT2D eigenvalue weighted by Crippen LogP contribution is -2.30. The van der Waals surface area contributed by atoms with Gasteiger partial charge >= 0.3 is 0 Å². The van der Waals surface area contributed by atoms with Crippen LogP contribution in [0.2, 0.25) is 0 Å². The highest BCUT2D eigenvalue weighted by molar-refractivity contribution is 5.97. The zero-order chi connectivity index (χ0) is 17.6. The van der Waals surface area contributed by atoms with E-state index in [-0.39, 0.29) is 18.4 Å². The van der Waals surface area contributed by atoms with Crippen molar-refractivity contribution in [2.45, 2.75) is 25.4 Å². The van der Waals surface area contributed by atoms with Gasteiger partial charge in [0.25, 0.3) is 5.91 Å². The Kier molecular flexibility index (Phi) is 5.46. The molecule has 0 radical (unpaired) electrons. The first-order valence-corrected chi connectivity index (χ1v) is 8.53. The van der Waals surface area contributed by atoms with Crippen molar-refractivity contribution in [1.82, 2.24) is 10.2 Å². The number of anilines is 1. The highest BCUT2D eigenvalue weighted by Crippen LogP contribution is 2.20. The molecule has 1 fully saturated rings. The highest BCUT2D eigenvalue weighted by atomic mass is 16.2. The molecule has 0 heterocycles. The molecule has 1 aliphatic rings. The number of amides is 2. The minimum atomic E-state index is -0.0989. The van der Waals surface area contributed by atoms with Gasteiger partial charge in [0.05, 0.1) is 6.54 Å². The van der Waals surface area contributed by atoms with Gasteiger partial charge in [0.15, 0.2) is 0 Å². The average Bonchev–Trinajstić information content (AvgIpc) is 3.39. The molecule has 0 atom stereocenters. The van der Waals surface area contributed by atoms with E-state index in [2.05, 4.69) is 10.6 Å². The Hall–Kier alpha value is -2.66.